The van der Waals surface area contributed by atoms with Crippen LogP contribution >= 0.6 is 0 Å². The molecule has 1 aromatic rings. The molecule has 2 fully saturated rings. The number of carbonyl (C=O) groups excluding carboxylic acids is 1. The average Bonchev–Trinajstić information content (AvgIpc) is 3.09. The van der Waals surface area contributed by atoms with Gasteiger partial charge in [0.15, 0.2) is 5.78 Å². The predicted molar refractivity (Wildman–Crippen MR) is 120 cm³/mol. The molecular formula is C27H31NO2. The van der Waals surface area contributed by atoms with E-state index in [4.69, 9.17) is 0 Å². The minimum absolute atomic E-state index is 0.226. The van der Waals surface area contributed by atoms with E-state index in [2.05, 4.69) is 41.4 Å². The molecule has 156 valence electrons. The number of allylic oxidation sites excluding steroid dienone is 4. The number of anilines is 1. The third-order valence-corrected chi connectivity index (χ3v) is 8.13. The van der Waals surface area contributed by atoms with E-state index >= 15 is 0 Å². The van der Waals surface area contributed by atoms with Crippen molar-refractivity contribution in [1.82, 2.24) is 0 Å². The van der Waals surface area contributed by atoms with Gasteiger partial charge in [0.25, 0.3) is 0 Å². The van der Waals surface area contributed by atoms with Gasteiger partial charge in [0.05, 0.1) is 0 Å². The Hall–Kier alpha value is -2.31. The van der Waals surface area contributed by atoms with Gasteiger partial charge < -0.3 is 10.4 Å². The second-order valence-corrected chi connectivity index (χ2v) is 9.48. The van der Waals surface area contributed by atoms with E-state index in [0.717, 1.165) is 44.2 Å². The number of hydrogen-bond acceptors (Lipinski definition) is 3. The Morgan fingerprint density at radius 3 is 2.67 bits per heavy atom. The average molecular weight is 402 g/mol. The smallest absolute Gasteiger partial charge is 0.156 e. The Morgan fingerprint density at radius 2 is 1.93 bits per heavy atom. The Bertz CT molecular complexity index is 990. The van der Waals surface area contributed by atoms with Gasteiger partial charge in [-0.1, -0.05) is 23.6 Å². The summed E-state index contributed by atoms with van der Waals surface area (Å²) in [6.07, 6.45) is 8.34. The highest BCUT2D eigenvalue weighted by atomic mass is 16.3. The molecule has 0 heterocycles. The van der Waals surface area contributed by atoms with E-state index < -0.39 is 5.60 Å². The van der Waals surface area contributed by atoms with Crippen LogP contribution in [-0.4, -0.2) is 23.5 Å². The summed E-state index contributed by atoms with van der Waals surface area (Å²) in [6, 6.07) is 8.79. The fourth-order valence-corrected chi connectivity index (χ4v) is 6.85. The summed E-state index contributed by atoms with van der Waals surface area (Å²) in [4.78, 5) is 12.1. The number of aliphatic hydroxyl groups is 1. The fraction of sp³-hybridized carbons (Fsp3) is 0.519. The van der Waals surface area contributed by atoms with Crippen molar-refractivity contribution in [2.45, 2.75) is 63.4 Å². The van der Waals surface area contributed by atoms with Crippen LogP contribution in [0.4, 0.5) is 5.69 Å². The number of fused-ring (bicyclic) bond motifs is 4. The van der Waals surface area contributed by atoms with E-state index in [1.54, 1.807) is 5.57 Å². The van der Waals surface area contributed by atoms with Gasteiger partial charge in [-0.15, -0.1) is 5.92 Å². The van der Waals surface area contributed by atoms with Crippen molar-refractivity contribution in [3.63, 3.8) is 0 Å². The number of nitrogens with one attached hydrogen (secondary N) is 1. The standard InChI is InChI=1S/C27H31NO2/c1-3-13-27(30)14-12-22-23-10-6-18-15-20(29)9-11-21(18)26(23)24(16-25(22)27)17-4-7-19(28-2)8-5-17/h4-5,7-8,15,22-25,28,30H,6,9-12,14,16H2,1-2H3. The van der Waals surface area contributed by atoms with Crippen molar-refractivity contribution in [3.05, 3.63) is 52.6 Å². The summed E-state index contributed by atoms with van der Waals surface area (Å²) in [7, 11) is 1.94. The van der Waals surface area contributed by atoms with E-state index in [-0.39, 0.29) is 11.7 Å². The van der Waals surface area contributed by atoms with E-state index in [0.29, 0.717) is 24.2 Å². The zero-order valence-electron chi connectivity index (χ0n) is 18.0. The lowest BCUT2D eigenvalue weighted by Gasteiger charge is -2.48. The van der Waals surface area contributed by atoms with Crippen molar-refractivity contribution < 1.29 is 9.90 Å². The fourth-order valence-electron chi connectivity index (χ4n) is 6.85. The highest BCUT2D eigenvalue weighted by Gasteiger charge is 2.55. The van der Waals surface area contributed by atoms with Crippen molar-refractivity contribution >= 4 is 11.5 Å². The van der Waals surface area contributed by atoms with Crippen molar-refractivity contribution in [2.75, 3.05) is 12.4 Å². The molecule has 5 unspecified atom stereocenters. The molecule has 0 bridgehead atoms. The normalized spacial score (nSPS) is 34.9. The van der Waals surface area contributed by atoms with Gasteiger partial charge in [-0.3, -0.25) is 4.79 Å². The van der Waals surface area contributed by atoms with E-state index in [1.807, 2.05) is 20.0 Å². The largest absolute Gasteiger partial charge is 0.388 e. The monoisotopic (exact) mass is 401 g/mol. The van der Waals surface area contributed by atoms with Gasteiger partial charge in [0.1, 0.15) is 5.60 Å². The zero-order valence-corrected chi connectivity index (χ0v) is 18.0. The summed E-state index contributed by atoms with van der Waals surface area (Å²) in [5, 5.41) is 14.6. The first-order valence-corrected chi connectivity index (χ1v) is 11.4. The molecule has 0 aromatic heterocycles. The van der Waals surface area contributed by atoms with Gasteiger partial charge in [0.2, 0.25) is 0 Å². The Labute approximate surface area is 179 Å². The predicted octanol–water partition coefficient (Wildman–Crippen LogP) is 4.99. The molecule has 4 aliphatic carbocycles. The summed E-state index contributed by atoms with van der Waals surface area (Å²) in [6.45, 7) is 1.84. The quantitative estimate of drug-likeness (QED) is 0.686. The number of benzene rings is 1. The topological polar surface area (TPSA) is 49.3 Å². The van der Waals surface area contributed by atoms with Crippen LogP contribution in [0, 0.1) is 29.6 Å². The minimum Gasteiger partial charge on any atom is -0.388 e. The lowest BCUT2D eigenvalue weighted by atomic mass is 9.57. The van der Waals surface area contributed by atoms with Crippen LogP contribution in [0.3, 0.4) is 0 Å². The summed E-state index contributed by atoms with van der Waals surface area (Å²) < 4.78 is 0. The van der Waals surface area contributed by atoms with Gasteiger partial charge >= 0.3 is 0 Å². The Kier molecular flexibility index (Phi) is 4.86. The first-order valence-electron chi connectivity index (χ1n) is 11.4. The van der Waals surface area contributed by atoms with Crippen LogP contribution in [0.25, 0.3) is 0 Å². The summed E-state index contributed by atoms with van der Waals surface area (Å²) in [5.74, 6) is 8.02. The maximum Gasteiger partial charge on any atom is 0.156 e. The van der Waals surface area contributed by atoms with E-state index in [9.17, 15) is 9.90 Å². The molecule has 2 saturated carbocycles. The third-order valence-electron chi connectivity index (χ3n) is 8.13. The molecule has 2 N–H and O–H groups in total. The molecule has 0 saturated heterocycles. The molecule has 30 heavy (non-hydrogen) atoms. The molecule has 1 aromatic carbocycles. The van der Waals surface area contributed by atoms with Gasteiger partial charge in [-0.05, 0) is 92.2 Å². The second kappa shape index (κ2) is 7.43. The number of ketones is 1. The highest BCUT2D eigenvalue weighted by molar-refractivity contribution is 5.93. The maximum absolute atomic E-state index is 12.1. The molecule has 5 rings (SSSR count). The highest BCUT2D eigenvalue weighted by Crippen LogP contribution is 2.60. The van der Waals surface area contributed by atoms with Crippen LogP contribution in [0.5, 0.6) is 0 Å². The minimum atomic E-state index is -0.850. The first-order chi connectivity index (χ1) is 14.5. The zero-order chi connectivity index (χ0) is 20.9. The molecule has 5 atom stereocenters. The van der Waals surface area contributed by atoms with Crippen LogP contribution in [0.2, 0.25) is 0 Å². The SMILES string of the molecule is CC#CC1(O)CCC2C3CCC4=CC(=O)CCC4=C3C(c3ccc(NC)cc3)CC21. The Morgan fingerprint density at radius 1 is 1.13 bits per heavy atom. The van der Waals surface area contributed by atoms with Crippen LogP contribution in [0.15, 0.2) is 47.1 Å². The molecule has 0 aliphatic heterocycles. The number of carbonyl (C=O) groups is 1. The lowest BCUT2D eigenvalue weighted by molar-refractivity contribution is -0.114. The molecular weight excluding hydrogens is 370 g/mol. The second-order valence-electron chi connectivity index (χ2n) is 9.48. The molecule has 3 heteroatoms. The van der Waals surface area contributed by atoms with Crippen molar-refractivity contribution in [2.24, 2.45) is 17.8 Å². The summed E-state index contributed by atoms with van der Waals surface area (Å²) >= 11 is 0. The molecule has 0 radical (unpaired) electrons. The van der Waals surface area contributed by atoms with Crippen LogP contribution in [0.1, 0.15) is 63.4 Å². The third kappa shape index (κ3) is 3.05. The number of hydrogen-bond donors (Lipinski definition) is 2. The first kappa shape index (κ1) is 19.6. The summed E-state index contributed by atoms with van der Waals surface area (Å²) in [5.41, 5.74) is 5.92. The Balaban J connectivity index is 1.64. The molecule has 4 aliphatic rings. The molecule has 0 amide bonds. The van der Waals surface area contributed by atoms with Crippen molar-refractivity contribution in [1.29, 1.82) is 0 Å². The molecule has 3 nitrogen and oxygen atoms in total. The van der Waals surface area contributed by atoms with Gasteiger partial charge in [-0.2, -0.15) is 0 Å². The lowest BCUT2D eigenvalue weighted by Crippen LogP contribution is -2.42. The van der Waals surface area contributed by atoms with Gasteiger partial charge in [0, 0.05) is 31.0 Å². The van der Waals surface area contributed by atoms with Gasteiger partial charge in [-0.25, -0.2) is 0 Å². The van der Waals surface area contributed by atoms with E-state index in [1.165, 1.54) is 16.7 Å². The van der Waals surface area contributed by atoms with Crippen LogP contribution in [-0.2, 0) is 4.79 Å². The van der Waals surface area contributed by atoms with Crippen molar-refractivity contribution in [3.8, 4) is 11.8 Å². The molecule has 0 spiro atoms. The number of rotatable bonds is 2. The maximum atomic E-state index is 12.1. The van der Waals surface area contributed by atoms with Crippen LogP contribution < -0.4 is 5.32 Å².